The molecule has 1 aliphatic carbocycles. The van der Waals surface area contributed by atoms with E-state index < -0.39 is 5.91 Å². The number of benzene rings is 1. The van der Waals surface area contributed by atoms with Gasteiger partial charge in [-0.15, -0.1) is 0 Å². The predicted molar refractivity (Wildman–Crippen MR) is 129 cm³/mol. The van der Waals surface area contributed by atoms with E-state index in [9.17, 15) is 9.59 Å². The maximum atomic E-state index is 13.2. The van der Waals surface area contributed by atoms with Gasteiger partial charge in [0.15, 0.2) is 11.3 Å². The highest BCUT2D eigenvalue weighted by Crippen LogP contribution is 2.38. The number of para-hydroxylation sites is 1. The van der Waals surface area contributed by atoms with Crippen LogP contribution in [0.15, 0.2) is 40.9 Å². The van der Waals surface area contributed by atoms with Gasteiger partial charge < -0.3 is 19.8 Å². The lowest BCUT2D eigenvalue weighted by Gasteiger charge is -2.30. The van der Waals surface area contributed by atoms with Crippen molar-refractivity contribution in [1.82, 2.24) is 4.98 Å². The van der Waals surface area contributed by atoms with E-state index in [0.717, 1.165) is 25.7 Å². The minimum atomic E-state index is -0.526. The van der Waals surface area contributed by atoms with E-state index in [2.05, 4.69) is 29.5 Å². The lowest BCUT2D eigenvalue weighted by molar-refractivity contribution is -0.121. The van der Waals surface area contributed by atoms with Crippen molar-refractivity contribution >= 4 is 45.9 Å². The highest BCUT2D eigenvalue weighted by Gasteiger charge is 2.30. The van der Waals surface area contributed by atoms with Gasteiger partial charge in [0.25, 0.3) is 5.91 Å². The van der Waals surface area contributed by atoms with Crippen LogP contribution in [0.3, 0.4) is 0 Å². The Morgan fingerprint density at radius 2 is 1.88 bits per heavy atom. The van der Waals surface area contributed by atoms with Crippen molar-refractivity contribution in [3.05, 3.63) is 47.3 Å². The van der Waals surface area contributed by atoms with Gasteiger partial charge in [0.1, 0.15) is 11.5 Å². The summed E-state index contributed by atoms with van der Waals surface area (Å²) in [5, 5.41) is 6.75. The van der Waals surface area contributed by atoms with E-state index in [1.165, 1.54) is 13.3 Å². The summed E-state index contributed by atoms with van der Waals surface area (Å²) in [5.41, 5.74) is 0.736. The molecule has 2 aromatic heterocycles. The molecule has 2 N–H and O–H groups in total. The van der Waals surface area contributed by atoms with Gasteiger partial charge in [-0.3, -0.25) is 9.59 Å². The Bertz CT molecular complexity index is 1150. The standard InChI is InChI=1S/C25H28ClN3O4/c1-14(2)15-7-9-16(10-8-15)24(30)29-21-18-5-4-6-19(32-3)22(18)33-23(21)25(31)28-20-12-11-17(26)13-27-20/h4-6,11-16H,7-10H2,1-3H3,(H,29,30)(H,27,28,31). The molecule has 33 heavy (non-hydrogen) atoms. The number of halogens is 1. The van der Waals surface area contributed by atoms with E-state index in [1.807, 2.05) is 0 Å². The number of ether oxygens (including phenoxy) is 1. The highest BCUT2D eigenvalue weighted by atomic mass is 35.5. The summed E-state index contributed by atoms with van der Waals surface area (Å²) in [6, 6.07) is 8.55. The van der Waals surface area contributed by atoms with Gasteiger partial charge in [0.05, 0.1) is 12.1 Å². The lowest BCUT2D eigenvalue weighted by atomic mass is 9.76. The number of carbonyl (C=O) groups is 2. The molecule has 2 amide bonds. The third-order valence-electron chi connectivity index (χ3n) is 6.41. The zero-order chi connectivity index (χ0) is 23.5. The number of methoxy groups -OCH3 is 1. The van der Waals surface area contributed by atoms with Crippen molar-refractivity contribution in [2.45, 2.75) is 39.5 Å². The number of hydrogen-bond donors (Lipinski definition) is 2. The molecule has 0 radical (unpaired) electrons. The molecule has 4 rings (SSSR count). The topological polar surface area (TPSA) is 93.5 Å². The van der Waals surface area contributed by atoms with E-state index in [0.29, 0.717) is 45.1 Å². The molecule has 2 heterocycles. The van der Waals surface area contributed by atoms with E-state index in [1.54, 1.807) is 30.3 Å². The second-order valence-corrected chi connectivity index (χ2v) is 9.24. The molecule has 174 valence electrons. The Balaban J connectivity index is 1.62. The Kier molecular flexibility index (Phi) is 6.88. The fraction of sp³-hybridized carbons (Fsp3) is 0.400. The van der Waals surface area contributed by atoms with Gasteiger partial charge in [-0.2, -0.15) is 0 Å². The second-order valence-electron chi connectivity index (χ2n) is 8.80. The molecule has 0 aliphatic heterocycles. The van der Waals surface area contributed by atoms with Crippen LogP contribution in [0.4, 0.5) is 11.5 Å². The zero-order valence-electron chi connectivity index (χ0n) is 19.0. The van der Waals surface area contributed by atoms with Crippen molar-refractivity contribution in [2.24, 2.45) is 17.8 Å². The van der Waals surface area contributed by atoms with Gasteiger partial charge in [-0.25, -0.2) is 4.98 Å². The van der Waals surface area contributed by atoms with Crippen LogP contribution >= 0.6 is 11.6 Å². The molecule has 1 saturated carbocycles. The molecule has 8 heteroatoms. The number of pyridine rings is 1. The van der Waals surface area contributed by atoms with Crippen LogP contribution in [0.5, 0.6) is 5.75 Å². The van der Waals surface area contributed by atoms with Gasteiger partial charge in [-0.05, 0) is 61.8 Å². The number of furan rings is 1. The Labute approximate surface area is 197 Å². The number of fused-ring (bicyclic) bond motifs is 1. The van der Waals surface area contributed by atoms with Crippen molar-refractivity contribution in [1.29, 1.82) is 0 Å². The third-order valence-corrected chi connectivity index (χ3v) is 6.63. The Hall–Kier alpha value is -3.06. The molecule has 1 aliphatic rings. The minimum absolute atomic E-state index is 0.00420. The zero-order valence-corrected chi connectivity index (χ0v) is 19.7. The van der Waals surface area contributed by atoms with Gasteiger partial charge in [-0.1, -0.05) is 31.5 Å². The molecule has 1 aromatic carbocycles. The number of carbonyl (C=O) groups excluding carboxylic acids is 2. The average Bonchev–Trinajstić information content (AvgIpc) is 3.19. The predicted octanol–water partition coefficient (Wildman–Crippen LogP) is 6.14. The van der Waals surface area contributed by atoms with Crippen LogP contribution in [0.1, 0.15) is 50.1 Å². The molecule has 1 fully saturated rings. The second kappa shape index (κ2) is 9.83. The van der Waals surface area contributed by atoms with Crippen LogP contribution < -0.4 is 15.4 Å². The number of hydrogen-bond acceptors (Lipinski definition) is 5. The maximum Gasteiger partial charge on any atom is 0.294 e. The summed E-state index contributed by atoms with van der Waals surface area (Å²) in [7, 11) is 1.53. The molecule has 0 atom stereocenters. The molecule has 7 nitrogen and oxygen atoms in total. The largest absolute Gasteiger partial charge is 0.493 e. The summed E-state index contributed by atoms with van der Waals surface area (Å²) in [6.07, 6.45) is 5.18. The summed E-state index contributed by atoms with van der Waals surface area (Å²) in [6.45, 7) is 4.47. The number of anilines is 2. The Morgan fingerprint density at radius 3 is 2.52 bits per heavy atom. The lowest BCUT2D eigenvalue weighted by Crippen LogP contribution is -2.29. The van der Waals surface area contributed by atoms with Gasteiger partial charge in [0.2, 0.25) is 11.7 Å². The molecule has 3 aromatic rings. The highest BCUT2D eigenvalue weighted by molar-refractivity contribution is 6.30. The van der Waals surface area contributed by atoms with Crippen molar-refractivity contribution in [2.75, 3.05) is 17.7 Å². The molecule has 0 saturated heterocycles. The van der Waals surface area contributed by atoms with Gasteiger partial charge >= 0.3 is 0 Å². The van der Waals surface area contributed by atoms with Crippen LogP contribution in [0.25, 0.3) is 11.0 Å². The quantitative estimate of drug-likeness (QED) is 0.452. The molecule has 0 bridgehead atoms. The number of rotatable bonds is 6. The van der Waals surface area contributed by atoms with Crippen LogP contribution in [-0.4, -0.2) is 23.9 Å². The summed E-state index contributed by atoms with van der Waals surface area (Å²) in [5.74, 6) is 1.35. The average molecular weight is 470 g/mol. The fourth-order valence-corrected chi connectivity index (χ4v) is 4.55. The number of amides is 2. The fourth-order valence-electron chi connectivity index (χ4n) is 4.43. The first-order valence-electron chi connectivity index (χ1n) is 11.2. The smallest absolute Gasteiger partial charge is 0.294 e. The number of nitrogens with zero attached hydrogens (tertiary/aromatic N) is 1. The van der Waals surface area contributed by atoms with E-state index in [-0.39, 0.29) is 17.6 Å². The first-order valence-corrected chi connectivity index (χ1v) is 11.6. The van der Waals surface area contributed by atoms with Crippen LogP contribution in [0.2, 0.25) is 5.02 Å². The molecule has 0 spiro atoms. The normalized spacial score (nSPS) is 18.3. The number of aromatic nitrogens is 1. The Morgan fingerprint density at radius 1 is 1.12 bits per heavy atom. The summed E-state index contributed by atoms with van der Waals surface area (Å²) in [4.78, 5) is 30.4. The summed E-state index contributed by atoms with van der Waals surface area (Å²) < 4.78 is 11.3. The molecular formula is C25H28ClN3O4. The SMILES string of the molecule is COc1cccc2c(NC(=O)C3CCC(C(C)C)CC3)c(C(=O)Nc3ccc(Cl)cn3)oc12. The first kappa shape index (κ1) is 23.1. The molecule has 0 unspecified atom stereocenters. The third kappa shape index (κ3) is 4.98. The van der Waals surface area contributed by atoms with Crippen LogP contribution in [-0.2, 0) is 4.79 Å². The van der Waals surface area contributed by atoms with Crippen LogP contribution in [0, 0.1) is 17.8 Å². The van der Waals surface area contributed by atoms with Crippen molar-refractivity contribution in [3.63, 3.8) is 0 Å². The maximum absolute atomic E-state index is 13.2. The van der Waals surface area contributed by atoms with E-state index >= 15 is 0 Å². The van der Waals surface area contributed by atoms with Crippen molar-refractivity contribution in [3.8, 4) is 5.75 Å². The first-order chi connectivity index (χ1) is 15.9. The minimum Gasteiger partial charge on any atom is -0.493 e. The summed E-state index contributed by atoms with van der Waals surface area (Å²) >= 11 is 5.88. The molecular weight excluding hydrogens is 442 g/mol. The van der Waals surface area contributed by atoms with Crippen molar-refractivity contribution < 1.29 is 18.7 Å². The van der Waals surface area contributed by atoms with E-state index in [4.69, 9.17) is 20.8 Å². The number of nitrogens with one attached hydrogen (secondary N) is 2. The van der Waals surface area contributed by atoms with Gasteiger partial charge in [0, 0.05) is 17.5 Å². The monoisotopic (exact) mass is 469 g/mol.